The molecule has 0 bridgehead atoms. The number of anilines is 1. The van der Waals surface area contributed by atoms with E-state index in [0.29, 0.717) is 12.6 Å². The van der Waals surface area contributed by atoms with Crippen LogP contribution in [-0.2, 0) is 6.18 Å². The summed E-state index contributed by atoms with van der Waals surface area (Å²) in [5.74, 6) is -1.88. The maximum atomic E-state index is 13.4. The summed E-state index contributed by atoms with van der Waals surface area (Å²) in [4.78, 5) is 30.9. The fourth-order valence-corrected chi connectivity index (χ4v) is 2.55. The van der Waals surface area contributed by atoms with Gasteiger partial charge >= 0.3 is 18.4 Å². The Hall–Kier alpha value is -3.09. The third-order valence-electron chi connectivity index (χ3n) is 4.10. The molecule has 0 aliphatic heterocycles. The lowest BCUT2D eigenvalue weighted by atomic mass is 10.1. The molecular weight excluding hydrogens is 482 g/mol. The lowest BCUT2D eigenvalue weighted by Gasteiger charge is -2.15. The number of rotatable bonds is 7. The molecule has 33 heavy (non-hydrogen) atoms. The molecule has 0 spiro atoms. The molecule has 1 atom stereocenters. The molecule has 2 aromatic rings. The Morgan fingerprint density at radius 3 is 2.36 bits per heavy atom. The number of hydrogen-bond acceptors (Lipinski definition) is 5. The van der Waals surface area contributed by atoms with Crippen LogP contribution in [0.2, 0.25) is 5.02 Å². The van der Waals surface area contributed by atoms with Gasteiger partial charge in [0.2, 0.25) is 0 Å². The van der Waals surface area contributed by atoms with Crippen LogP contribution in [0.5, 0.6) is 6.01 Å². The van der Waals surface area contributed by atoms with Gasteiger partial charge in [-0.2, -0.15) is 31.3 Å². The molecule has 7 nitrogen and oxygen atoms in total. The molecule has 2 N–H and O–H groups in total. The van der Waals surface area contributed by atoms with Crippen molar-refractivity contribution < 1.29 is 40.7 Å². The van der Waals surface area contributed by atoms with Crippen LogP contribution in [-0.4, -0.2) is 40.6 Å². The average molecular weight is 499 g/mol. The number of ether oxygens (including phenoxy) is 1. The Bertz CT molecular complexity index is 1030. The fraction of sp³-hybridized carbons (Fsp3) is 0.368. The van der Waals surface area contributed by atoms with Crippen LogP contribution in [0.15, 0.2) is 24.4 Å². The monoisotopic (exact) mass is 498 g/mol. The second-order valence-corrected chi connectivity index (χ2v) is 7.16. The van der Waals surface area contributed by atoms with Crippen LogP contribution in [0.3, 0.4) is 0 Å². The Kier molecular flexibility index (Phi) is 8.11. The minimum absolute atomic E-state index is 0.0297. The molecule has 0 saturated heterocycles. The van der Waals surface area contributed by atoms with Crippen LogP contribution in [0, 0.1) is 0 Å². The summed E-state index contributed by atoms with van der Waals surface area (Å²) < 4.78 is 80.9. The van der Waals surface area contributed by atoms with Gasteiger partial charge < -0.3 is 15.4 Å². The van der Waals surface area contributed by atoms with E-state index in [1.807, 2.05) is 6.92 Å². The Labute approximate surface area is 188 Å². The van der Waals surface area contributed by atoms with Crippen molar-refractivity contribution in [2.75, 3.05) is 11.9 Å². The largest absolute Gasteiger partial charge is 0.454 e. The van der Waals surface area contributed by atoms with Crippen LogP contribution < -0.4 is 15.4 Å². The van der Waals surface area contributed by atoms with Gasteiger partial charge in [-0.3, -0.25) is 9.59 Å². The maximum Gasteiger partial charge on any atom is 0.434 e. The molecule has 0 fully saturated rings. The van der Waals surface area contributed by atoms with Gasteiger partial charge in [0.25, 0.3) is 11.8 Å². The van der Waals surface area contributed by atoms with E-state index in [2.05, 4.69) is 25.3 Å². The third kappa shape index (κ3) is 7.48. The summed E-state index contributed by atoms with van der Waals surface area (Å²) in [5.41, 5.74) is -2.96. The molecule has 2 rings (SSSR count). The molecular formula is C19H17ClF6N4O3. The van der Waals surface area contributed by atoms with Crippen molar-refractivity contribution in [2.24, 2.45) is 0 Å². The highest BCUT2D eigenvalue weighted by Crippen LogP contribution is 2.32. The van der Waals surface area contributed by atoms with Crippen molar-refractivity contribution in [2.45, 2.75) is 38.7 Å². The number of nitrogens with one attached hydrogen (secondary N) is 2. The first-order valence-corrected chi connectivity index (χ1v) is 9.64. The molecule has 1 aromatic carbocycles. The minimum atomic E-state index is -5.20. The standard InChI is InChI=1S/C19H17ClF6N4O3/c1-3-9(2)28-15(31)11-6-10(4-5-13(11)20)29-16(32)12-7-27-17(33-8-18(21,22)23)30-14(12)19(24,25)26/h4-7,9H,3,8H2,1-2H3,(H,28,31)(H,29,32). The van der Waals surface area contributed by atoms with Gasteiger partial charge in [0.15, 0.2) is 12.3 Å². The van der Waals surface area contributed by atoms with Crippen LogP contribution in [0.1, 0.15) is 46.7 Å². The molecule has 14 heteroatoms. The minimum Gasteiger partial charge on any atom is -0.454 e. The molecule has 0 aliphatic rings. The van der Waals surface area contributed by atoms with E-state index in [-0.39, 0.29) is 22.3 Å². The van der Waals surface area contributed by atoms with Crippen molar-refractivity contribution in [1.29, 1.82) is 0 Å². The van der Waals surface area contributed by atoms with E-state index < -0.39 is 48.0 Å². The van der Waals surface area contributed by atoms with Gasteiger partial charge in [-0.15, -0.1) is 0 Å². The maximum absolute atomic E-state index is 13.4. The number of halogens is 7. The van der Waals surface area contributed by atoms with Crippen molar-refractivity contribution in [1.82, 2.24) is 15.3 Å². The van der Waals surface area contributed by atoms with Crippen molar-refractivity contribution >= 4 is 29.1 Å². The molecule has 0 radical (unpaired) electrons. The third-order valence-corrected chi connectivity index (χ3v) is 4.43. The number of hydrogen-bond donors (Lipinski definition) is 2. The van der Waals surface area contributed by atoms with Gasteiger partial charge in [0.1, 0.15) is 0 Å². The molecule has 1 aromatic heterocycles. The molecule has 1 unspecified atom stereocenters. The second kappa shape index (κ2) is 10.2. The smallest absolute Gasteiger partial charge is 0.434 e. The van der Waals surface area contributed by atoms with Crippen LogP contribution in [0.4, 0.5) is 32.0 Å². The number of carbonyl (C=O) groups is 2. The lowest BCUT2D eigenvalue weighted by molar-refractivity contribution is -0.155. The highest BCUT2D eigenvalue weighted by Gasteiger charge is 2.39. The zero-order chi connectivity index (χ0) is 25.0. The lowest BCUT2D eigenvalue weighted by Crippen LogP contribution is -2.32. The SMILES string of the molecule is CCC(C)NC(=O)c1cc(NC(=O)c2cnc(OCC(F)(F)F)nc2C(F)(F)F)ccc1Cl. The highest BCUT2D eigenvalue weighted by molar-refractivity contribution is 6.34. The number of benzene rings is 1. The summed E-state index contributed by atoms with van der Waals surface area (Å²) in [5, 5.41) is 4.86. The van der Waals surface area contributed by atoms with Crippen molar-refractivity contribution in [3.63, 3.8) is 0 Å². The van der Waals surface area contributed by atoms with E-state index in [1.165, 1.54) is 12.1 Å². The first kappa shape index (κ1) is 26.2. The normalized spacial score (nSPS) is 12.8. The van der Waals surface area contributed by atoms with Crippen LogP contribution >= 0.6 is 11.6 Å². The summed E-state index contributed by atoms with van der Waals surface area (Å²) in [6.07, 6.45) is -9.01. The Morgan fingerprint density at radius 2 is 1.79 bits per heavy atom. The van der Waals surface area contributed by atoms with E-state index in [4.69, 9.17) is 11.6 Å². The quantitative estimate of drug-likeness (QED) is 0.531. The van der Waals surface area contributed by atoms with E-state index >= 15 is 0 Å². The highest BCUT2D eigenvalue weighted by atomic mass is 35.5. The van der Waals surface area contributed by atoms with Crippen LogP contribution in [0.25, 0.3) is 0 Å². The number of nitrogens with zero attached hydrogens (tertiary/aromatic N) is 2. The van der Waals surface area contributed by atoms with Crippen molar-refractivity contribution in [3.8, 4) is 6.01 Å². The molecule has 1 heterocycles. The van der Waals surface area contributed by atoms with E-state index in [9.17, 15) is 35.9 Å². The van der Waals surface area contributed by atoms with Gasteiger partial charge in [-0.05, 0) is 31.5 Å². The topological polar surface area (TPSA) is 93.2 Å². The zero-order valence-corrected chi connectivity index (χ0v) is 17.8. The van der Waals surface area contributed by atoms with Gasteiger partial charge in [0.05, 0.1) is 16.1 Å². The Balaban J connectivity index is 2.31. The zero-order valence-electron chi connectivity index (χ0n) is 17.1. The van der Waals surface area contributed by atoms with Gasteiger partial charge in [-0.1, -0.05) is 18.5 Å². The molecule has 180 valence electrons. The molecule has 0 saturated carbocycles. The first-order chi connectivity index (χ1) is 15.2. The molecule has 2 amide bonds. The summed E-state index contributed by atoms with van der Waals surface area (Å²) >= 11 is 6.00. The summed E-state index contributed by atoms with van der Waals surface area (Å²) in [6, 6.07) is 2.28. The predicted molar refractivity (Wildman–Crippen MR) is 105 cm³/mol. The van der Waals surface area contributed by atoms with Gasteiger partial charge in [0, 0.05) is 17.9 Å². The first-order valence-electron chi connectivity index (χ1n) is 9.26. The number of carbonyl (C=O) groups excluding carboxylic acids is 2. The predicted octanol–water partition coefficient (Wildman–Crippen LogP) is 4.87. The van der Waals surface area contributed by atoms with Gasteiger partial charge in [-0.25, -0.2) is 4.98 Å². The number of amides is 2. The van der Waals surface area contributed by atoms with E-state index in [0.717, 1.165) is 6.07 Å². The fourth-order valence-electron chi connectivity index (χ4n) is 2.34. The van der Waals surface area contributed by atoms with E-state index in [1.54, 1.807) is 6.92 Å². The number of alkyl halides is 6. The average Bonchev–Trinajstić information content (AvgIpc) is 2.72. The van der Waals surface area contributed by atoms with Crippen molar-refractivity contribution in [3.05, 3.63) is 46.2 Å². The summed E-state index contributed by atoms with van der Waals surface area (Å²) in [7, 11) is 0. The Morgan fingerprint density at radius 1 is 1.12 bits per heavy atom. The summed E-state index contributed by atoms with van der Waals surface area (Å²) in [6.45, 7) is 1.67. The molecule has 0 aliphatic carbocycles. The second-order valence-electron chi connectivity index (χ2n) is 6.75. The number of aromatic nitrogens is 2.